The molecule has 1 aromatic rings. The maximum atomic E-state index is 11.8. The van der Waals surface area contributed by atoms with E-state index in [9.17, 15) is 4.79 Å². The predicted octanol–water partition coefficient (Wildman–Crippen LogP) is 1.87. The molecule has 1 N–H and O–H groups in total. The lowest BCUT2D eigenvalue weighted by atomic mass is 9.92. The van der Waals surface area contributed by atoms with Crippen molar-refractivity contribution >= 4 is 5.91 Å². The molecule has 0 unspecified atom stereocenters. The Hall–Kier alpha value is -1.29. The number of hydrogen-bond acceptors (Lipinski definition) is 3. The number of rotatable bonds is 4. The summed E-state index contributed by atoms with van der Waals surface area (Å²) in [5.41, 5.74) is 0. The molecule has 2 rings (SSSR count). The number of piperidine rings is 1. The second-order valence-electron chi connectivity index (χ2n) is 5.50. The predicted molar refractivity (Wildman–Crippen MR) is 69.9 cm³/mol. The van der Waals surface area contributed by atoms with Crippen LogP contribution in [0, 0.1) is 11.8 Å². The maximum Gasteiger partial charge on any atom is 0.234 e. The molecule has 0 aromatic carbocycles. The molecule has 1 amide bonds. The van der Waals surface area contributed by atoms with Crippen molar-refractivity contribution in [2.45, 2.75) is 26.8 Å². The fraction of sp³-hybridized carbons (Fsp3) is 0.643. The van der Waals surface area contributed by atoms with Crippen LogP contribution in [0.15, 0.2) is 22.8 Å². The van der Waals surface area contributed by atoms with Crippen molar-refractivity contribution in [2.75, 3.05) is 19.6 Å². The van der Waals surface area contributed by atoms with Gasteiger partial charge in [0.15, 0.2) is 0 Å². The Labute approximate surface area is 108 Å². The quantitative estimate of drug-likeness (QED) is 0.887. The number of nitrogens with zero attached hydrogens (tertiary/aromatic N) is 1. The van der Waals surface area contributed by atoms with Crippen molar-refractivity contribution in [3.05, 3.63) is 24.2 Å². The van der Waals surface area contributed by atoms with Crippen molar-refractivity contribution in [1.29, 1.82) is 0 Å². The van der Waals surface area contributed by atoms with Crippen molar-refractivity contribution in [3.8, 4) is 0 Å². The molecular formula is C14H22N2O2. The second kappa shape index (κ2) is 6.05. The molecule has 0 spiro atoms. The van der Waals surface area contributed by atoms with Crippen LogP contribution >= 0.6 is 0 Å². The minimum Gasteiger partial charge on any atom is -0.467 e. The molecule has 1 aliphatic rings. The van der Waals surface area contributed by atoms with Gasteiger partial charge in [0.05, 0.1) is 19.4 Å². The lowest BCUT2D eigenvalue weighted by Gasteiger charge is -2.34. The molecule has 1 fully saturated rings. The minimum atomic E-state index is 0.0766. The Morgan fingerprint density at radius 1 is 1.44 bits per heavy atom. The first-order valence-electron chi connectivity index (χ1n) is 6.65. The van der Waals surface area contributed by atoms with E-state index in [1.54, 1.807) is 6.26 Å². The molecule has 0 bridgehead atoms. The van der Waals surface area contributed by atoms with E-state index in [0.717, 1.165) is 18.8 Å². The summed E-state index contributed by atoms with van der Waals surface area (Å²) < 4.78 is 5.18. The van der Waals surface area contributed by atoms with Gasteiger partial charge in [0.1, 0.15) is 5.76 Å². The minimum absolute atomic E-state index is 0.0766. The summed E-state index contributed by atoms with van der Waals surface area (Å²) in [6, 6.07) is 3.70. The normalized spacial score (nSPS) is 25.0. The molecule has 1 aliphatic heterocycles. The van der Waals surface area contributed by atoms with Gasteiger partial charge in [0.2, 0.25) is 5.91 Å². The zero-order chi connectivity index (χ0) is 13.0. The van der Waals surface area contributed by atoms with Crippen molar-refractivity contribution in [3.63, 3.8) is 0 Å². The lowest BCUT2D eigenvalue weighted by molar-refractivity contribution is -0.123. The van der Waals surface area contributed by atoms with Crippen LogP contribution in [0.3, 0.4) is 0 Å². The number of furan rings is 1. The van der Waals surface area contributed by atoms with Crippen LogP contribution in [0.25, 0.3) is 0 Å². The molecular weight excluding hydrogens is 228 g/mol. The number of nitrogens with one attached hydrogen (secondary N) is 1. The summed E-state index contributed by atoms with van der Waals surface area (Å²) in [5.74, 6) is 2.25. The van der Waals surface area contributed by atoms with Gasteiger partial charge in [0, 0.05) is 13.1 Å². The van der Waals surface area contributed by atoms with Crippen LogP contribution in [0.1, 0.15) is 26.0 Å². The van der Waals surface area contributed by atoms with E-state index in [-0.39, 0.29) is 5.91 Å². The van der Waals surface area contributed by atoms with Gasteiger partial charge in [-0.1, -0.05) is 13.8 Å². The van der Waals surface area contributed by atoms with Crippen molar-refractivity contribution in [1.82, 2.24) is 10.2 Å². The highest BCUT2D eigenvalue weighted by atomic mass is 16.3. The molecule has 4 heteroatoms. The van der Waals surface area contributed by atoms with Gasteiger partial charge in [-0.05, 0) is 30.4 Å². The molecule has 2 heterocycles. The Bertz CT molecular complexity index is 365. The molecule has 100 valence electrons. The monoisotopic (exact) mass is 250 g/mol. The first-order valence-corrected chi connectivity index (χ1v) is 6.65. The van der Waals surface area contributed by atoms with Crippen molar-refractivity contribution in [2.24, 2.45) is 11.8 Å². The van der Waals surface area contributed by atoms with Crippen LogP contribution in [0.5, 0.6) is 0 Å². The van der Waals surface area contributed by atoms with Gasteiger partial charge in [-0.25, -0.2) is 0 Å². The Kier molecular flexibility index (Phi) is 4.42. The summed E-state index contributed by atoms with van der Waals surface area (Å²) in [7, 11) is 0. The number of carbonyl (C=O) groups is 1. The third-order valence-electron chi connectivity index (χ3n) is 3.35. The van der Waals surface area contributed by atoms with Crippen LogP contribution in [-0.4, -0.2) is 30.4 Å². The number of amides is 1. The summed E-state index contributed by atoms with van der Waals surface area (Å²) in [6.45, 7) is 7.53. The summed E-state index contributed by atoms with van der Waals surface area (Å²) in [6.07, 6.45) is 2.89. The molecule has 0 aliphatic carbocycles. The molecule has 18 heavy (non-hydrogen) atoms. The summed E-state index contributed by atoms with van der Waals surface area (Å²) >= 11 is 0. The standard InChI is InChI=1S/C14H22N2O2/c1-11-6-12(2)9-16(8-11)10-14(17)15-7-13-4-3-5-18-13/h3-5,11-12H,6-10H2,1-2H3,(H,15,17)/t11-,12-/m0/s1. The average molecular weight is 250 g/mol. The van der Waals surface area contributed by atoms with Gasteiger partial charge in [0.25, 0.3) is 0 Å². The topological polar surface area (TPSA) is 45.5 Å². The SMILES string of the molecule is C[C@H]1C[C@H](C)CN(CC(=O)NCc2ccco2)C1. The zero-order valence-electron chi connectivity index (χ0n) is 11.2. The molecule has 4 nitrogen and oxygen atoms in total. The first kappa shape index (κ1) is 13.1. The van der Waals surface area contributed by atoms with E-state index in [4.69, 9.17) is 4.42 Å². The number of likely N-dealkylation sites (tertiary alicyclic amines) is 1. The fourth-order valence-electron chi connectivity index (χ4n) is 2.78. The fourth-order valence-corrected chi connectivity index (χ4v) is 2.78. The second-order valence-corrected chi connectivity index (χ2v) is 5.50. The van der Waals surface area contributed by atoms with E-state index in [0.29, 0.717) is 24.9 Å². The third-order valence-corrected chi connectivity index (χ3v) is 3.35. The van der Waals surface area contributed by atoms with Crippen molar-refractivity contribution < 1.29 is 9.21 Å². The molecule has 0 saturated carbocycles. The third kappa shape index (κ3) is 3.88. The first-order chi connectivity index (χ1) is 8.63. The largest absolute Gasteiger partial charge is 0.467 e. The summed E-state index contributed by atoms with van der Waals surface area (Å²) in [5, 5.41) is 2.89. The number of hydrogen-bond donors (Lipinski definition) is 1. The highest BCUT2D eigenvalue weighted by Gasteiger charge is 2.23. The van der Waals surface area contributed by atoms with E-state index in [1.807, 2.05) is 12.1 Å². The summed E-state index contributed by atoms with van der Waals surface area (Å²) in [4.78, 5) is 14.1. The van der Waals surface area contributed by atoms with E-state index in [2.05, 4.69) is 24.1 Å². The van der Waals surface area contributed by atoms with Crippen LogP contribution < -0.4 is 5.32 Å². The van der Waals surface area contributed by atoms with Crippen LogP contribution in [0.4, 0.5) is 0 Å². The van der Waals surface area contributed by atoms with E-state index in [1.165, 1.54) is 6.42 Å². The van der Waals surface area contributed by atoms with Gasteiger partial charge < -0.3 is 9.73 Å². The average Bonchev–Trinajstić information content (AvgIpc) is 2.77. The van der Waals surface area contributed by atoms with Crippen LogP contribution in [0.2, 0.25) is 0 Å². The molecule has 1 aromatic heterocycles. The number of carbonyl (C=O) groups excluding carboxylic acids is 1. The Morgan fingerprint density at radius 2 is 2.17 bits per heavy atom. The van der Waals surface area contributed by atoms with Gasteiger partial charge >= 0.3 is 0 Å². The zero-order valence-corrected chi connectivity index (χ0v) is 11.2. The molecule has 1 saturated heterocycles. The van der Waals surface area contributed by atoms with E-state index < -0.39 is 0 Å². The Balaban J connectivity index is 1.73. The van der Waals surface area contributed by atoms with E-state index >= 15 is 0 Å². The Morgan fingerprint density at radius 3 is 2.78 bits per heavy atom. The molecule has 2 atom stereocenters. The van der Waals surface area contributed by atoms with Crippen LogP contribution in [-0.2, 0) is 11.3 Å². The van der Waals surface area contributed by atoms with Gasteiger partial charge in [-0.3, -0.25) is 9.69 Å². The molecule has 0 radical (unpaired) electrons. The maximum absolute atomic E-state index is 11.8. The highest BCUT2D eigenvalue weighted by molar-refractivity contribution is 5.77. The van der Waals surface area contributed by atoms with Gasteiger partial charge in [-0.2, -0.15) is 0 Å². The van der Waals surface area contributed by atoms with Gasteiger partial charge in [-0.15, -0.1) is 0 Å². The lowest BCUT2D eigenvalue weighted by Crippen LogP contribution is -2.44. The highest BCUT2D eigenvalue weighted by Crippen LogP contribution is 2.20. The smallest absolute Gasteiger partial charge is 0.234 e.